The minimum Gasteiger partial charge on any atom is -0.309 e. The zero-order valence-electron chi connectivity index (χ0n) is 12.7. The molecule has 2 nitrogen and oxygen atoms in total. The first kappa shape index (κ1) is 14.7. The van der Waals surface area contributed by atoms with Crippen molar-refractivity contribution < 1.29 is 0 Å². The Morgan fingerprint density at radius 3 is 2.35 bits per heavy atom. The Kier molecular flexibility index (Phi) is 5.31. The number of aromatic nitrogens is 1. The number of nitrogens with zero attached hydrogens (tertiary/aromatic N) is 1. The van der Waals surface area contributed by atoms with Crippen LogP contribution in [-0.2, 0) is 19.5 Å². The number of aryl methyl sites for hydroxylation is 1. The predicted molar refractivity (Wildman–Crippen MR) is 84.5 cm³/mol. The van der Waals surface area contributed by atoms with Crippen LogP contribution in [0.2, 0.25) is 0 Å². The van der Waals surface area contributed by atoms with E-state index in [-0.39, 0.29) is 0 Å². The lowest BCUT2D eigenvalue weighted by Crippen LogP contribution is -2.13. The van der Waals surface area contributed by atoms with E-state index in [4.69, 9.17) is 0 Å². The highest BCUT2D eigenvalue weighted by Crippen LogP contribution is 2.10. The number of hydrogen-bond acceptors (Lipinski definition) is 2. The lowest BCUT2D eigenvalue weighted by atomic mass is 10.0. The Hall–Kier alpha value is -1.67. The summed E-state index contributed by atoms with van der Waals surface area (Å²) in [7, 11) is 0. The van der Waals surface area contributed by atoms with E-state index in [1.165, 1.54) is 22.3 Å². The molecule has 0 unspecified atom stereocenters. The Bertz CT molecular complexity index is 529. The fourth-order valence-corrected chi connectivity index (χ4v) is 2.31. The maximum absolute atomic E-state index is 4.12. The molecule has 2 heteroatoms. The van der Waals surface area contributed by atoms with Gasteiger partial charge in [-0.3, -0.25) is 4.98 Å². The summed E-state index contributed by atoms with van der Waals surface area (Å²) in [6, 6.07) is 11.0. The van der Waals surface area contributed by atoms with Crippen LogP contribution in [-0.4, -0.2) is 4.98 Å². The number of nitrogens with one attached hydrogen (secondary N) is 1. The van der Waals surface area contributed by atoms with Gasteiger partial charge in [0.15, 0.2) is 0 Å². The van der Waals surface area contributed by atoms with Crippen LogP contribution in [0.25, 0.3) is 0 Å². The summed E-state index contributed by atoms with van der Waals surface area (Å²) >= 11 is 0. The van der Waals surface area contributed by atoms with Crippen LogP contribution in [0.15, 0.2) is 42.7 Å². The molecule has 0 saturated heterocycles. The molecule has 20 heavy (non-hydrogen) atoms. The van der Waals surface area contributed by atoms with Crippen molar-refractivity contribution in [3.8, 4) is 0 Å². The van der Waals surface area contributed by atoms with Crippen molar-refractivity contribution in [3.05, 3.63) is 65.0 Å². The van der Waals surface area contributed by atoms with Crippen molar-refractivity contribution in [2.45, 2.75) is 40.3 Å². The standard InChI is InChI=1S/C18H24N2/c1-14(2)10-16-4-6-17(7-5-16)12-20-13-18-8-9-19-11-15(18)3/h4-9,11,14,20H,10,12-13H2,1-3H3. The summed E-state index contributed by atoms with van der Waals surface area (Å²) in [6.07, 6.45) is 4.92. The summed E-state index contributed by atoms with van der Waals surface area (Å²) in [6.45, 7) is 8.41. The SMILES string of the molecule is Cc1cnccc1CNCc1ccc(CC(C)C)cc1. The van der Waals surface area contributed by atoms with Gasteiger partial charge in [-0.1, -0.05) is 38.1 Å². The quantitative estimate of drug-likeness (QED) is 0.860. The molecule has 106 valence electrons. The first-order valence-electron chi connectivity index (χ1n) is 7.33. The fourth-order valence-electron chi connectivity index (χ4n) is 2.31. The number of pyridine rings is 1. The molecular weight excluding hydrogens is 244 g/mol. The van der Waals surface area contributed by atoms with Crippen molar-refractivity contribution in [1.82, 2.24) is 10.3 Å². The molecule has 2 rings (SSSR count). The van der Waals surface area contributed by atoms with Crippen molar-refractivity contribution >= 4 is 0 Å². The smallest absolute Gasteiger partial charge is 0.0300 e. The monoisotopic (exact) mass is 268 g/mol. The Labute approximate surface area is 122 Å². The van der Waals surface area contributed by atoms with E-state index in [1.807, 2.05) is 12.4 Å². The lowest BCUT2D eigenvalue weighted by molar-refractivity contribution is 0.646. The topological polar surface area (TPSA) is 24.9 Å². The van der Waals surface area contributed by atoms with Crippen LogP contribution in [0.3, 0.4) is 0 Å². The van der Waals surface area contributed by atoms with Gasteiger partial charge in [0.25, 0.3) is 0 Å². The van der Waals surface area contributed by atoms with Crippen LogP contribution in [0.4, 0.5) is 0 Å². The van der Waals surface area contributed by atoms with E-state index in [1.54, 1.807) is 0 Å². The minimum atomic E-state index is 0.716. The van der Waals surface area contributed by atoms with Crippen LogP contribution < -0.4 is 5.32 Å². The van der Waals surface area contributed by atoms with Gasteiger partial charge < -0.3 is 5.32 Å². The summed E-state index contributed by atoms with van der Waals surface area (Å²) in [5.41, 5.74) is 5.32. The van der Waals surface area contributed by atoms with Crippen molar-refractivity contribution in [2.24, 2.45) is 5.92 Å². The van der Waals surface area contributed by atoms with E-state index in [0.29, 0.717) is 5.92 Å². The van der Waals surface area contributed by atoms with Crippen molar-refractivity contribution in [3.63, 3.8) is 0 Å². The van der Waals surface area contributed by atoms with E-state index < -0.39 is 0 Å². The van der Waals surface area contributed by atoms with Crippen LogP contribution >= 0.6 is 0 Å². The molecule has 0 radical (unpaired) electrons. The second-order valence-electron chi connectivity index (χ2n) is 5.82. The van der Waals surface area contributed by atoms with Gasteiger partial charge in [-0.05, 0) is 47.6 Å². The molecule has 1 aromatic heterocycles. The highest BCUT2D eigenvalue weighted by atomic mass is 14.8. The van der Waals surface area contributed by atoms with E-state index in [9.17, 15) is 0 Å². The normalized spacial score (nSPS) is 11.0. The van der Waals surface area contributed by atoms with E-state index in [0.717, 1.165) is 19.5 Å². The molecule has 0 spiro atoms. The molecule has 2 aromatic rings. The van der Waals surface area contributed by atoms with Crippen molar-refractivity contribution in [1.29, 1.82) is 0 Å². The third kappa shape index (κ3) is 4.46. The number of hydrogen-bond donors (Lipinski definition) is 1. The Morgan fingerprint density at radius 1 is 1.00 bits per heavy atom. The first-order chi connectivity index (χ1) is 9.65. The van der Waals surface area contributed by atoms with Crippen LogP contribution in [0.5, 0.6) is 0 Å². The predicted octanol–water partition coefficient (Wildman–Crippen LogP) is 3.88. The van der Waals surface area contributed by atoms with Gasteiger partial charge in [-0.15, -0.1) is 0 Å². The molecule has 0 amide bonds. The van der Waals surface area contributed by atoms with E-state index in [2.05, 4.69) is 61.4 Å². The van der Waals surface area contributed by atoms with Gasteiger partial charge in [-0.25, -0.2) is 0 Å². The summed E-state index contributed by atoms with van der Waals surface area (Å²) in [5, 5.41) is 3.49. The molecule has 0 aliphatic rings. The van der Waals surface area contributed by atoms with Crippen LogP contribution in [0.1, 0.15) is 36.1 Å². The molecule has 0 aliphatic heterocycles. The maximum atomic E-state index is 4.12. The molecule has 1 heterocycles. The second-order valence-corrected chi connectivity index (χ2v) is 5.82. The molecule has 1 aromatic carbocycles. The van der Waals surface area contributed by atoms with Gasteiger partial charge in [0, 0.05) is 25.5 Å². The zero-order valence-corrected chi connectivity index (χ0v) is 12.7. The lowest BCUT2D eigenvalue weighted by Gasteiger charge is -2.09. The average Bonchev–Trinajstić information content (AvgIpc) is 2.42. The minimum absolute atomic E-state index is 0.716. The molecular formula is C18H24N2. The second kappa shape index (κ2) is 7.20. The molecule has 0 fully saturated rings. The highest BCUT2D eigenvalue weighted by Gasteiger charge is 2.00. The van der Waals surface area contributed by atoms with E-state index >= 15 is 0 Å². The summed E-state index contributed by atoms with van der Waals surface area (Å²) < 4.78 is 0. The fraction of sp³-hybridized carbons (Fsp3) is 0.389. The largest absolute Gasteiger partial charge is 0.309 e. The van der Waals surface area contributed by atoms with Gasteiger partial charge in [0.05, 0.1) is 0 Å². The molecule has 0 bridgehead atoms. The Balaban J connectivity index is 1.84. The van der Waals surface area contributed by atoms with Crippen molar-refractivity contribution in [2.75, 3.05) is 0 Å². The third-order valence-electron chi connectivity index (χ3n) is 3.45. The number of benzene rings is 1. The van der Waals surface area contributed by atoms with Gasteiger partial charge in [0.2, 0.25) is 0 Å². The Morgan fingerprint density at radius 2 is 1.70 bits per heavy atom. The summed E-state index contributed by atoms with van der Waals surface area (Å²) in [4.78, 5) is 4.12. The third-order valence-corrected chi connectivity index (χ3v) is 3.45. The summed E-state index contributed by atoms with van der Waals surface area (Å²) in [5.74, 6) is 0.716. The van der Waals surface area contributed by atoms with Gasteiger partial charge >= 0.3 is 0 Å². The molecule has 0 atom stereocenters. The molecule has 1 N–H and O–H groups in total. The van der Waals surface area contributed by atoms with Gasteiger partial charge in [0.1, 0.15) is 0 Å². The highest BCUT2D eigenvalue weighted by molar-refractivity contribution is 5.24. The van der Waals surface area contributed by atoms with Crippen LogP contribution in [0, 0.1) is 12.8 Å². The first-order valence-corrected chi connectivity index (χ1v) is 7.33. The number of rotatable bonds is 6. The average molecular weight is 268 g/mol. The molecule has 0 saturated carbocycles. The van der Waals surface area contributed by atoms with Gasteiger partial charge in [-0.2, -0.15) is 0 Å². The maximum Gasteiger partial charge on any atom is 0.0300 e. The molecule has 0 aliphatic carbocycles. The zero-order chi connectivity index (χ0) is 14.4.